The summed E-state index contributed by atoms with van der Waals surface area (Å²) in [6.45, 7) is 0. The van der Waals surface area contributed by atoms with Gasteiger partial charge in [-0.15, -0.1) is 0 Å². The van der Waals surface area contributed by atoms with E-state index in [1.165, 1.54) is 51.4 Å². The van der Waals surface area contributed by atoms with Gasteiger partial charge < -0.3 is 15.6 Å². The smallest absolute Gasteiger partial charge is 0.251 e. The van der Waals surface area contributed by atoms with Crippen molar-refractivity contribution in [3.63, 3.8) is 0 Å². The van der Waals surface area contributed by atoms with Crippen LogP contribution >= 0.6 is 0 Å². The number of aromatic nitrogens is 2. The van der Waals surface area contributed by atoms with Crippen molar-refractivity contribution >= 4 is 28.5 Å². The first-order valence-electron chi connectivity index (χ1n) is 14.8. The lowest BCUT2D eigenvalue weighted by atomic mass is 9.54. The van der Waals surface area contributed by atoms with E-state index in [0.29, 0.717) is 29.4 Å². The molecule has 1 aromatic heterocycles. The highest BCUT2D eigenvalue weighted by molar-refractivity contribution is 5.98. The van der Waals surface area contributed by atoms with Crippen molar-refractivity contribution in [2.75, 3.05) is 5.32 Å². The van der Waals surface area contributed by atoms with Crippen LogP contribution in [0.5, 0.6) is 0 Å². The third kappa shape index (κ3) is 3.87. The molecular formula is C32H36N4O2. The molecule has 3 atom stereocenters. The fourth-order valence-electron chi connectivity index (χ4n) is 9.19. The maximum Gasteiger partial charge on any atom is 0.251 e. The van der Waals surface area contributed by atoms with E-state index >= 15 is 0 Å². The number of carbonyl (C=O) groups excluding carboxylic acids is 2. The Morgan fingerprint density at radius 2 is 1.53 bits per heavy atom. The number of fused-ring (bicyclic) bond motifs is 3. The van der Waals surface area contributed by atoms with Gasteiger partial charge in [-0.1, -0.05) is 6.42 Å². The molecule has 0 radical (unpaired) electrons. The van der Waals surface area contributed by atoms with Gasteiger partial charge in [0.1, 0.15) is 5.82 Å². The number of rotatable bonds is 5. The van der Waals surface area contributed by atoms with Gasteiger partial charge in [0.25, 0.3) is 5.91 Å². The van der Waals surface area contributed by atoms with Crippen LogP contribution in [0.15, 0.2) is 42.5 Å². The van der Waals surface area contributed by atoms with Crippen molar-refractivity contribution in [2.45, 2.75) is 63.8 Å². The summed E-state index contributed by atoms with van der Waals surface area (Å²) in [6.07, 6.45) is 11.4. The predicted molar refractivity (Wildman–Crippen MR) is 147 cm³/mol. The minimum atomic E-state index is 0.0319. The first-order chi connectivity index (χ1) is 18.6. The van der Waals surface area contributed by atoms with Gasteiger partial charge in [-0.2, -0.15) is 0 Å². The molecule has 2 amide bonds. The number of benzene rings is 2. The summed E-state index contributed by atoms with van der Waals surface area (Å²) >= 11 is 0. The number of hydrogen-bond donors (Lipinski definition) is 3. The summed E-state index contributed by atoms with van der Waals surface area (Å²) < 4.78 is 0. The Morgan fingerprint density at radius 1 is 0.789 bits per heavy atom. The number of nitrogens with zero attached hydrogens (tertiary/aromatic N) is 1. The number of carbonyl (C=O) groups is 2. The van der Waals surface area contributed by atoms with Crippen LogP contribution in [0.25, 0.3) is 22.4 Å². The molecule has 196 valence electrons. The molecule has 6 nitrogen and oxygen atoms in total. The number of H-pyrrole nitrogens is 1. The molecular weight excluding hydrogens is 472 g/mol. The molecule has 6 aliphatic carbocycles. The normalized spacial score (nSPS) is 34.6. The van der Waals surface area contributed by atoms with Gasteiger partial charge in [0.15, 0.2) is 0 Å². The first kappa shape index (κ1) is 22.8. The standard InChI is InChI=1S/C32H36N4O2/c37-31(36-29-23-11-18-9-19(13-23)14-24(29)12-18)22-5-8-27-28(16-22)35-30(34-27)20-3-6-25(7-4-20)33-32(38)26-15-17-1-2-21(26)10-17/h3-8,16-19,21,23-24,26,29H,1-2,9-15H2,(H,33,38)(H,34,35)(H,36,37)/t17?,18-,19+,21?,23-,24?,26?,29?. The fraction of sp³-hybridized carbons (Fsp3) is 0.531. The van der Waals surface area contributed by atoms with E-state index in [9.17, 15) is 9.59 Å². The minimum absolute atomic E-state index is 0.0319. The molecule has 3 unspecified atom stereocenters. The van der Waals surface area contributed by atoms with Gasteiger partial charge >= 0.3 is 0 Å². The van der Waals surface area contributed by atoms with E-state index in [4.69, 9.17) is 4.98 Å². The van der Waals surface area contributed by atoms with E-state index < -0.39 is 0 Å². The monoisotopic (exact) mass is 508 g/mol. The number of nitrogens with one attached hydrogen (secondary N) is 3. The number of hydrogen-bond acceptors (Lipinski definition) is 3. The number of anilines is 1. The zero-order valence-corrected chi connectivity index (χ0v) is 21.8. The molecule has 9 rings (SSSR count). The van der Waals surface area contributed by atoms with Crippen molar-refractivity contribution < 1.29 is 9.59 Å². The zero-order chi connectivity index (χ0) is 25.4. The van der Waals surface area contributed by atoms with Crippen LogP contribution in [0.3, 0.4) is 0 Å². The summed E-state index contributed by atoms with van der Waals surface area (Å²) in [7, 11) is 0. The van der Waals surface area contributed by atoms with E-state index in [1.807, 2.05) is 42.5 Å². The van der Waals surface area contributed by atoms with Crippen LogP contribution in [-0.4, -0.2) is 27.8 Å². The number of aromatic amines is 1. The molecule has 6 fully saturated rings. The third-order valence-corrected chi connectivity index (χ3v) is 10.8. The predicted octanol–water partition coefficient (Wildman–Crippen LogP) is 6.16. The van der Waals surface area contributed by atoms with E-state index in [1.54, 1.807) is 0 Å². The number of imidazole rings is 1. The average molecular weight is 509 g/mol. The Kier molecular flexibility index (Phi) is 5.21. The van der Waals surface area contributed by atoms with Crippen LogP contribution in [0.4, 0.5) is 5.69 Å². The first-order valence-corrected chi connectivity index (χ1v) is 14.8. The van der Waals surface area contributed by atoms with Crippen molar-refractivity contribution in [3.8, 4) is 11.4 Å². The van der Waals surface area contributed by atoms with Crippen molar-refractivity contribution in [3.05, 3.63) is 48.0 Å². The molecule has 6 bridgehead atoms. The second-order valence-electron chi connectivity index (χ2n) is 13.1. The highest BCUT2D eigenvalue weighted by atomic mass is 16.2. The van der Waals surface area contributed by atoms with Crippen LogP contribution in [0, 0.1) is 41.4 Å². The Bertz CT molecular complexity index is 1380. The summed E-state index contributed by atoms with van der Waals surface area (Å²) in [5, 5.41) is 6.55. The molecule has 6 heteroatoms. The topological polar surface area (TPSA) is 86.9 Å². The van der Waals surface area contributed by atoms with E-state index in [2.05, 4.69) is 15.6 Å². The maximum atomic E-state index is 13.2. The van der Waals surface area contributed by atoms with Crippen LogP contribution in [0.1, 0.15) is 68.1 Å². The molecule has 3 aromatic rings. The lowest BCUT2D eigenvalue weighted by molar-refractivity contribution is -0.121. The maximum absolute atomic E-state index is 13.2. The van der Waals surface area contributed by atoms with E-state index in [0.717, 1.165) is 52.3 Å². The van der Waals surface area contributed by atoms with Gasteiger partial charge in [0.05, 0.1) is 11.0 Å². The Hall–Kier alpha value is -3.15. The minimum Gasteiger partial charge on any atom is -0.349 e. The second-order valence-corrected chi connectivity index (χ2v) is 13.1. The van der Waals surface area contributed by atoms with Crippen LogP contribution in [-0.2, 0) is 4.79 Å². The van der Waals surface area contributed by atoms with Gasteiger partial charge in [-0.05, 0) is 129 Å². The molecule has 2 aromatic carbocycles. The van der Waals surface area contributed by atoms with Gasteiger partial charge in [0.2, 0.25) is 5.91 Å². The lowest BCUT2D eigenvalue weighted by Gasteiger charge is -2.54. The largest absolute Gasteiger partial charge is 0.349 e. The van der Waals surface area contributed by atoms with Crippen molar-refractivity contribution in [1.29, 1.82) is 0 Å². The third-order valence-electron chi connectivity index (χ3n) is 10.8. The molecule has 0 spiro atoms. The molecule has 0 aliphatic heterocycles. The molecule has 3 N–H and O–H groups in total. The highest BCUT2D eigenvalue weighted by Crippen LogP contribution is 2.53. The average Bonchev–Trinajstić information content (AvgIpc) is 3.66. The van der Waals surface area contributed by atoms with Crippen molar-refractivity contribution in [1.82, 2.24) is 15.3 Å². The van der Waals surface area contributed by atoms with Crippen LogP contribution in [0.2, 0.25) is 0 Å². The second kappa shape index (κ2) is 8.69. The van der Waals surface area contributed by atoms with E-state index in [-0.39, 0.29) is 17.7 Å². The van der Waals surface area contributed by atoms with Crippen LogP contribution < -0.4 is 10.6 Å². The molecule has 1 heterocycles. The molecule has 0 saturated heterocycles. The van der Waals surface area contributed by atoms with Gasteiger partial charge in [-0.25, -0.2) is 4.98 Å². The lowest BCUT2D eigenvalue weighted by Crippen LogP contribution is -2.55. The Balaban J connectivity index is 0.953. The zero-order valence-electron chi connectivity index (χ0n) is 21.8. The summed E-state index contributed by atoms with van der Waals surface area (Å²) in [5.41, 5.74) is 4.19. The SMILES string of the molecule is O=C(NC1C2C[C@H]3C[C@@H](C2)C[C@@H]1C3)c1ccc2[nH]c(-c3ccc(NC(=O)C4CC5CCC4C5)cc3)nc2c1. The quantitative estimate of drug-likeness (QED) is 0.386. The van der Waals surface area contributed by atoms with Gasteiger partial charge in [0, 0.05) is 28.8 Å². The molecule has 38 heavy (non-hydrogen) atoms. The Labute approximate surface area is 223 Å². The number of amides is 2. The highest BCUT2D eigenvalue weighted by Gasteiger charge is 2.48. The Morgan fingerprint density at radius 3 is 2.21 bits per heavy atom. The summed E-state index contributed by atoms with van der Waals surface area (Å²) in [6, 6.07) is 14.0. The fourth-order valence-corrected chi connectivity index (χ4v) is 9.19. The van der Waals surface area contributed by atoms with Crippen molar-refractivity contribution in [2.24, 2.45) is 41.4 Å². The summed E-state index contributed by atoms with van der Waals surface area (Å²) in [4.78, 5) is 34.2. The summed E-state index contributed by atoms with van der Waals surface area (Å²) in [5.74, 6) is 5.62. The van der Waals surface area contributed by atoms with Gasteiger partial charge in [-0.3, -0.25) is 9.59 Å². The molecule has 6 aliphatic rings. The molecule has 6 saturated carbocycles.